The third-order valence-electron chi connectivity index (χ3n) is 25.8. The van der Waals surface area contributed by atoms with Crippen molar-refractivity contribution in [3.8, 4) is 115 Å². The second-order valence-electron chi connectivity index (χ2n) is 33.7. The number of phenolic OH excluding ortho intramolecular Hbond substituents is 12. The number of aromatic hydroxyl groups is 12. The number of methoxy groups -OCH3 is 3. The molecule has 20 heteroatoms. The van der Waals surface area contributed by atoms with Crippen molar-refractivity contribution in [1.29, 1.82) is 0 Å². The van der Waals surface area contributed by atoms with E-state index in [1.54, 1.807) is 149 Å². The van der Waals surface area contributed by atoms with Crippen LogP contribution in [0.5, 0.6) is 115 Å². The Morgan fingerprint density at radius 2 is 0.432 bits per heavy atom. The van der Waals surface area contributed by atoms with Crippen molar-refractivity contribution in [2.24, 2.45) is 0 Å². The molecule has 0 spiro atoms. The van der Waals surface area contributed by atoms with Crippen LogP contribution in [0.1, 0.15) is 165 Å². The quantitative estimate of drug-likeness (QED) is 0.0510. The molecule has 0 aromatic heterocycles. The molecule has 0 unspecified atom stereocenters. The van der Waals surface area contributed by atoms with Crippen LogP contribution in [0.25, 0.3) is 0 Å². The summed E-state index contributed by atoms with van der Waals surface area (Å²) in [6.07, 6.45) is 0. The van der Waals surface area contributed by atoms with E-state index in [1.807, 2.05) is 173 Å². The number of phenols is 12. The van der Waals surface area contributed by atoms with Crippen molar-refractivity contribution >= 4 is 0 Å². The Morgan fingerprint density at radius 3 is 0.689 bits per heavy atom. The summed E-state index contributed by atoms with van der Waals surface area (Å²) in [5.41, 5.74) is 19.5. The summed E-state index contributed by atoms with van der Waals surface area (Å²) >= 11 is 0. The van der Waals surface area contributed by atoms with E-state index >= 15 is 0 Å². The molecule has 15 aromatic carbocycles. The predicted octanol–water partition coefficient (Wildman–Crippen LogP) is 22.7. The van der Waals surface area contributed by atoms with Crippen molar-refractivity contribution in [3.05, 3.63) is 415 Å². The molecule has 0 bridgehead atoms. The van der Waals surface area contributed by atoms with Gasteiger partial charge in [-0.1, -0.05) is 152 Å². The third-order valence-corrected chi connectivity index (χ3v) is 25.8. The molecule has 5 aliphatic heterocycles. The maximum absolute atomic E-state index is 10.1. The number of hydrogen-bond donors (Lipinski definition) is 12. The molecule has 20 rings (SSSR count). The van der Waals surface area contributed by atoms with E-state index in [-0.39, 0.29) is 128 Å². The topological polar surface area (TPSA) is 317 Å². The van der Waals surface area contributed by atoms with E-state index in [1.165, 1.54) is 5.56 Å². The van der Waals surface area contributed by atoms with Crippen LogP contribution in [0.3, 0.4) is 0 Å². The first-order chi connectivity index (χ1) is 63.9. The zero-order valence-electron chi connectivity index (χ0n) is 73.9. The average Bonchev–Trinajstić information content (AvgIpc) is 0.780. The highest BCUT2D eigenvalue weighted by atomic mass is 16.5. The first-order valence-electron chi connectivity index (χ1n) is 43.6. The zero-order chi connectivity index (χ0) is 92.5. The molecule has 0 saturated heterocycles. The standard InChI is InChI=1S/C24H24O4.C23H22O4.2C22H20O4.C21H18O4/c1-14-12-17(6-11-22(14)27-3)23-19-9-10-21(26)15(2)24(19)28-13-20(23)16-4-7-18(25)8-5-16;1-14-21(25)12-11-19-22(16-5-9-18(26-2)10-6-16)20(13-27-23(14)19)15-3-7-17(24)8-4-15;1-25-18-9-4-15(5-10-18)22-19-11-8-17(24)12-21(19)26-13-20(22)14-2-6-16(23)7-3-14;1-13-20(25)11-10-18-21(15-4-8-17(24)9-5-15)19(12-26-22(13)18)14-2-6-16(23)7-3-14;22-15-5-1-13(2-6-15)19-12-25-20-11-17(24)9-10-18(20)21(19)14-3-7-16(23)8-4-14/h4-12,20,23,25-26H,13H2,1-3H3;3-12,20,22,24-25H,13H2,1-2H3;2-12,20,22-24H,13H2,1H3;2-11,19,21,23-25H,12H2,1H3;1-11,19,21-24H,12H2/t20-,23-;2*20-,22-;2*19-,21-/m11111/s1. The Kier molecular flexibility index (Phi) is 26.8. The number of rotatable bonds is 13. The second kappa shape index (κ2) is 39.5. The Morgan fingerprint density at radius 1 is 0.212 bits per heavy atom. The van der Waals surface area contributed by atoms with Gasteiger partial charge < -0.3 is 99.2 Å². The highest BCUT2D eigenvalue weighted by Gasteiger charge is 2.41. The molecule has 15 aromatic rings. The maximum Gasteiger partial charge on any atom is 0.129 e. The van der Waals surface area contributed by atoms with Gasteiger partial charge in [-0.15, -0.1) is 0 Å². The van der Waals surface area contributed by atoms with E-state index in [0.717, 1.165) is 135 Å². The second-order valence-corrected chi connectivity index (χ2v) is 33.7. The molecule has 10 atom stereocenters. The minimum atomic E-state index is 0.0168. The van der Waals surface area contributed by atoms with Crippen molar-refractivity contribution in [3.63, 3.8) is 0 Å². The number of ether oxygens (including phenoxy) is 8. The van der Waals surface area contributed by atoms with E-state index in [4.69, 9.17) is 37.9 Å². The van der Waals surface area contributed by atoms with Gasteiger partial charge in [-0.05, 0) is 234 Å². The third kappa shape index (κ3) is 19.4. The smallest absolute Gasteiger partial charge is 0.129 e. The lowest BCUT2D eigenvalue weighted by atomic mass is 9.75. The molecule has 0 amide bonds. The van der Waals surface area contributed by atoms with Gasteiger partial charge in [0.15, 0.2) is 0 Å². The fraction of sp³-hybridized carbons (Fsp3) is 0.196. The van der Waals surface area contributed by atoms with Crippen molar-refractivity contribution in [2.45, 2.75) is 86.9 Å². The lowest BCUT2D eigenvalue weighted by molar-refractivity contribution is 0.245. The van der Waals surface area contributed by atoms with Gasteiger partial charge in [0.25, 0.3) is 0 Å². The average molecular weight is 1770 g/mol. The molecule has 0 radical (unpaired) electrons. The Balaban J connectivity index is 0.000000120. The van der Waals surface area contributed by atoms with Crippen molar-refractivity contribution < 1.29 is 99.2 Å². The Bertz CT molecular complexity index is 6510. The molecule has 0 fully saturated rings. The summed E-state index contributed by atoms with van der Waals surface area (Å²) in [4.78, 5) is 0. The molecule has 20 nitrogen and oxygen atoms in total. The normalized spacial score (nSPS) is 18.6. The van der Waals surface area contributed by atoms with E-state index < -0.39 is 0 Å². The van der Waals surface area contributed by atoms with Crippen LogP contribution in [0.4, 0.5) is 0 Å². The molecule has 132 heavy (non-hydrogen) atoms. The minimum Gasteiger partial charge on any atom is -0.508 e. The summed E-state index contributed by atoms with van der Waals surface area (Å²) in [5, 5.41) is 117. The number of hydrogen-bond acceptors (Lipinski definition) is 20. The fourth-order valence-corrected chi connectivity index (χ4v) is 18.9. The van der Waals surface area contributed by atoms with Crippen LogP contribution in [-0.4, -0.2) is 116 Å². The Hall–Kier alpha value is -15.7. The SMILES string of the molecule is COc1ccc([C@@H]2c3ccc(O)c(C)c3OC[C@@H]2c2ccc(O)cc2)cc1.COc1ccc([C@@H]2c3ccc(O)c(C)c3OC[C@@H]2c2ccc(O)cc2)cc1C.COc1ccc([C@@H]2c3ccc(O)cc3OC[C@@H]2c2ccc(O)cc2)cc1.Cc1c(O)ccc2c1OC[C@H](c1ccc(O)cc1)[C@@H]2c1ccc(O)cc1.Oc1ccc([C@@H]2c3ccc(O)cc3OC[C@@H]2c2ccc(O)cc2)cc1. The van der Waals surface area contributed by atoms with Crippen LogP contribution in [0.2, 0.25) is 0 Å². The minimum absolute atomic E-state index is 0.0168. The summed E-state index contributed by atoms with van der Waals surface area (Å²) in [7, 11) is 4.99. The van der Waals surface area contributed by atoms with Gasteiger partial charge in [0, 0.05) is 116 Å². The van der Waals surface area contributed by atoms with Crippen LogP contribution >= 0.6 is 0 Å². The summed E-state index contributed by atoms with van der Waals surface area (Å²) < 4.78 is 46.1. The van der Waals surface area contributed by atoms with Crippen molar-refractivity contribution in [1.82, 2.24) is 0 Å². The number of benzene rings is 15. The van der Waals surface area contributed by atoms with Crippen LogP contribution < -0.4 is 37.9 Å². The zero-order valence-corrected chi connectivity index (χ0v) is 73.9. The number of aryl methyl sites for hydroxylation is 1. The van der Waals surface area contributed by atoms with Gasteiger partial charge in [-0.2, -0.15) is 0 Å². The fourth-order valence-electron chi connectivity index (χ4n) is 18.9. The van der Waals surface area contributed by atoms with Gasteiger partial charge in [0.1, 0.15) is 115 Å². The summed E-state index contributed by atoms with van der Waals surface area (Å²) in [6.45, 7) is 10.1. The largest absolute Gasteiger partial charge is 0.508 e. The molecule has 672 valence electrons. The molecule has 12 N–H and O–H groups in total. The first kappa shape index (κ1) is 89.7. The van der Waals surface area contributed by atoms with Gasteiger partial charge in [-0.3, -0.25) is 0 Å². The van der Waals surface area contributed by atoms with E-state index in [2.05, 4.69) is 36.4 Å². The van der Waals surface area contributed by atoms with E-state index in [0.29, 0.717) is 44.5 Å². The van der Waals surface area contributed by atoms with Crippen LogP contribution in [-0.2, 0) is 0 Å². The first-order valence-corrected chi connectivity index (χ1v) is 43.6. The number of fused-ring (bicyclic) bond motifs is 5. The molecule has 0 saturated carbocycles. The van der Waals surface area contributed by atoms with Crippen LogP contribution in [0.15, 0.2) is 309 Å². The highest BCUT2D eigenvalue weighted by molar-refractivity contribution is 5.61. The maximum atomic E-state index is 10.1. The van der Waals surface area contributed by atoms with Gasteiger partial charge in [0.05, 0.1) is 54.4 Å². The summed E-state index contributed by atoms with van der Waals surface area (Å²) in [6, 6.07) is 94.5. The van der Waals surface area contributed by atoms with Gasteiger partial charge in [-0.25, -0.2) is 0 Å². The monoisotopic (exact) mass is 1770 g/mol. The van der Waals surface area contributed by atoms with Crippen LogP contribution in [0, 0.1) is 27.7 Å². The molecule has 5 aliphatic rings. The molecule has 5 heterocycles. The van der Waals surface area contributed by atoms with Crippen molar-refractivity contribution in [2.75, 3.05) is 54.4 Å². The molecule has 0 aliphatic carbocycles. The lowest BCUT2D eigenvalue weighted by Crippen LogP contribution is -2.26. The Labute approximate surface area is 766 Å². The highest BCUT2D eigenvalue weighted by Crippen LogP contribution is 2.55. The van der Waals surface area contributed by atoms with E-state index in [9.17, 15) is 61.3 Å². The van der Waals surface area contributed by atoms with Gasteiger partial charge >= 0.3 is 0 Å². The molecular formula is C112H104O20. The van der Waals surface area contributed by atoms with Gasteiger partial charge in [0.2, 0.25) is 0 Å². The molecular weight excluding hydrogens is 1670 g/mol. The summed E-state index contributed by atoms with van der Waals surface area (Å²) in [5.74, 6) is 9.47. The predicted molar refractivity (Wildman–Crippen MR) is 506 cm³/mol. The lowest BCUT2D eigenvalue weighted by Gasteiger charge is -2.35.